The molecule has 1 heterocycles. The van der Waals surface area contributed by atoms with E-state index in [1.54, 1.807) is 14.0 Å². The average Bonchev–Trinajstić information content (AvgIpc) is 3.13. The second-order valence-electron chi connectivity index (χ2n) is 6.00. The Hall–Kier alpha value is -1.20. The van der Waals surface area contributed by atoms with Crippen LogP contribution < -0.4 is 10.9 Å². The second-order valence-corrected chi connectivity index (χ2v) is 6.00. The molecule has 1 aliphatic rings. The minimum absolute atomic E-state index is 0.0202. The van der Waals surface area contributed by atoms with E-state index in [-0.39, 0.29) is 11.6 Å². The molecule has 1 aromatic rings. The highest BCUT2D eigenvalue weighted by Crippen LogP contribution is 2.48. The number of methoxy groups -OCH3 is 1. The molecule has 0 saturated heterocycles. The minimum Gasteiger partial charge on any atom is -0.385 e. The molecular formula is C15H25N3O2. The lowest BCUT2D eigenvalue weighted by Crippen LogP contribution is -2.32. The van der Waals surface area contributed by atoms with E-state index in [2.05, 4.69) is 15.3 Å². The molecule has 0 radical (unpaired) electrons. The van der Waals surface area contributed by atoms with Crippen LogP contribution in [0.25, 0.3) is 0 Å². The number of aromatic nitrogens is 2. The zero-order valence-electron chi connectivity index (χ0n) is 12.9. The lowest BCUT2D eigenvalue weighted by molar-refractivity contribution is 0.170. The molecular weight excluding hydrogens is 254 g/mol. The number of hydrogen-bond acceptors (Lipinski definition) is 4. The predicted molar refractivity (Wildman–Crippen MR) is 78.9 cm³/mol. The van der Waals surface area contributed by atoms with Gasteiger partial charge in [-0.3, -0.25) is 4.79 Å². The van der Waals surface area contributed by atoms with Gasteiger partial charge in [-0.15, -0.1) is 0 Å². The number of rotatable bonds is 7. The molecule has 0 bridgehead atoms. The van der Waals surface area contributed by atoms with E-state index in [1.165, 1.54) is 12.8 Å². The molecule has 1 aliphatic carbocycles. The van der Waals surface area contributed by atoms with Crippen molar-refractivity contribution in [1.29, 1.82) is 0 Å². The first-order valence-corrected chi connectivity index (χ1v) is 7.27. The van der Waals surface area contributed by atoms with Crippen molar-refractivity contribution in [3.63, 3.8) is 0 Å². The molecule has 1 fully saturated rings. The summed E-state index contributed by atoms with van der Waals surface area (Å²) in [6.45, 7) is 7.47. The summed E-state index contributed by atoms with van der Waals surface area (Å²) in [6.07, 6.45) is 3.58. The summed E-state index contributed by atoms with van der Waals surface area (Å²) in [6, 6.07) is 0.0202. The summed E-state index contributed by atoms with van der Waals surface area (Å²) in [5.74, 6) is 0.669. The number of aryl methyl sites for hydroxylation is 2. The largest absolute Gasteiger partial charge is 0.385 e. The Labute approximate surface area is 120 Å². The molecule has 0 amide bonds. The van der Waals surface area contributed by atoms with Gasteiger partial charge >= 0.3 is 0 Å². The van der Waals surface area contributed by atoms with Gasteiger partial charge in [-0.25, -0.2) is 4.98 Å². The third-order valence-corrected chi connectivity index (χ3v) is 4.27. The Kier molecular flexibility index (Phi) is 4.60. The van der Waals surface area contributed by atoms with Gasteiger partial charge in [-0.1, -0.05) is 0 Å². The summed E-state index contributed by atoms with van der Waals surface area (Å²) in [7, 11) is 1.74. The van der Waals surface area contributed by atoms with Gasteiger partial charge in [0.25, 0.3) is 5.56 Å². The fraction of sp³-hybridized carbons (Fsp3) is 0.733. The maximum atomic E-state index is 12.1. The van der Waals surface area contributed by atoms with Gasteiger partial charge in [0, 0.05) is 32.0 Å². The van der Waals surface area contributed by atoms with E-state index in [4.69, 9.17) is 4.74 Å². The fourth-order valence-corrected chi connectivity index (χ4v) is 2.73. The SMILES string of the molecule is COCCC1(CNC(C)c2c(C)nc(C)[nH]c2=O)CC1. The highest BCUT2D eigenvalue weighted by Gasteiger charge is 2.41. The van der Waals surface area contributed by atoms with Gasteiger partial charge in [0.05, 0.1) is 5.56 Å². The topological polar surface area (TPSA) is 67.0 Å². The number of nitrogens with one attached hydrogen (secondary N) is 2. The Bertz CT molecular complexity index is 520. The van der Waals surface area contributed by atoms with E-state index < -0.39 is 0 Å². The van der Waals surface area contributed by atoms with Crippen molar-refractivity contribution >= 4 is 0 Å². The van der Waals surface area contributed by atoms with Gasteiger partial charge in [0.1, 0.15) is 5.82 Å². The van der Waals surface area contributed by atoms with Crippen molar-refractivity contribution in [3.05, 3.63) is 27.4 Å². The van der Waals surface area contributed by atoms with E-state index in [1.807, 2.05) is 13.8 Å². The highest BCUT2D eigenvalue weighted by atomic mass is 16.5. The molecule has 2 rings (SSSR count). The Balaban J connectivity index is 1.99. The summed E-state index contributed by atoms with van der Waals surface area (Å²) < 4.78 is 5.17. The smallest absolute Gasteiger partial charge is 0.255 e. The Morgan fingerprint density at radius 2 is 2.15 bits per heavy atom. The molecule has 1 unspecified atom stereocenters. The first-order chi connectivity index (χ1) is 9.47. The van der Waals surface area contributed by atoms with Crippen LogP contribution in [0, 0.1) is 19.3 Å². The molecule has 0 spiro atoms. The molecule has 2 N–H and O–H groups in total. The maximum absolute atomic E-state index is 12.1. The lowest BCUT2D eigenvalue weighted by atomic mass is 10.0. The molecule has 20 heavy (non-hydrogen) atoms. The molecule has 0 aliphatic heterocycles. The first-order valence-electron chi connectivity index (χ1n) is 7.27. The summed E-state index contributed by atoms with van der Waals surface area (Å²) >= 11 is 0. The number of hydrogen-bond donors (Lipinski definition) is 2. The van der Waals surface area contributed by atoms with Crippen LogP contribution in [0.3, 0.4) is 0 Å². The van der Waals surface area contributed by atoms with Crippen LogP contribution in [0.5, 0.6) is 0 Å². The van der Waals surface area contributed by atoms with E-state index in [0.29, 0.717) is 11.2 Å². The molecule has 1 saturated carbocycles. The molecule has 5 nitrogen and oxygen atoms in total. The van der Waals surface area contributed by atoms with Crippen LogP contribution in [0.4, 0.5) is 0 Å². The first kappa shape index (κ1) is 15.2. The van der Waals surface area contributed by atoms with Gasteiger partial charge in [0.15, 0.2) is 0 Å². The molecule has 112 valence electrons. The van der Waals surface area contributed by atoms with Crippen molar-refractivity contribution in [3.8, 4) is 0 Å². The van der Waals surface area contributed by atoms with Crippen molar-refractivity contribution in [2.24, 2.45) is 5.41 Å². The summed E-state index contributed by atoms with van der Waals surface area (Å²) in [5.41, 5.74) is 1.91. The molecule has 1 atom stereocenters. The monoisotopic (exact) mass is 279 g/mol. The number of ether oxygens (including phenoxy) is 1. The lowest BCUT2D eigenvalue weighted by Gasteiger charge is -2.20. The zero-order valence-corrected chi connectivity index (χ0v) is 12.9. The van der Waals surface area contributed by atoms with Gasteiger partial charge < -0.3 is 15.0 Å². The normalized spacial score (nSPS) is 18.0. The number of nitrogens with zero attached hydrogens (tertiary/aromatic N) is 1. The third-order valence-electron chi connectivity index (χ3n) is 4.27. The van der Waals surface area contributed by atoms with Crippen molar-refractivity contribution in [2.45, 2.75) is 46.1 Å². The van der Waals surface area contributed by atoms with E-state index in [0.717, 1.165) is 30.8 Å². The van der Waals surface area contributed by atoms with Gasteiger partial charge in [-0.2, -0.15) is 0 Å². The quantitative estimate of drug-likeness (QED) is 0.799. The fourth-order valence-electron chi connectivity index (χ4n) is 2.73. The van der Waals surface area contributed by atoms with Crippen LogP contribution in [-0.2, 0) is 4.74 Å². The van der Waals surface area contributed by atoms with Crippen LogP contribution in [-0.4, -0.2) is 30.2 Å². The minimum atomic E-state index is -0.0308. The molecule has 5 heteroatoms. The zero-order chi connectivity index (χ0) is 14.8. The standard InChI is InChI=1S/C15H25N3O2/c1-10(13-11(2)17-12(3)18-14(13)19)16-9-15(5-6-15)7-8-20-4/h10,16H,5-9H2,1-4H3,(H,17,18,19). The third kappa shape index (κ3) is 3.46. The summed E-state index contributed by atoms with van der Waals surface area (Å²) in [4.78, 5) is 19.2. The van der Waals surface area contributed by atoms with Gasteiger partial charge in [0.2, 0.25) is 0 Å². The van der Waals surface area contributed by atoms with Crippen molar-refractivity contribution in [1.82, 2.24) is 15.3 Å². The van der Waals surface area contributed by atoms with E-state index >= 15 is 0 Å². The maximum Gasteiger partial charge on any atom is 0.255 e. The second kappa shape index (κ2) is 6.06. The highest BCUT2D eigenvalue weighted by molar-refractivity contribution is 5.20. The van der Waals surface area contributed by atoms with Crippen LogP contribution >= 0.6 is 0 Å². The molecule has 1 aromatic heterocycles. The Morgan fingerprint density at radius 1 is 1.45 bits per heavy atom. The van der Waals surface area contributed by atoms with Crippen molar-refractivity contribution in [2.75, 3.05) is 20.3 Å². The average molecular weight is 279 g/mol. The number of H-pyrrole nitrogens is 1. The van der Waals surface area contributed by atoms with Crippen LogP contribution in [0.2, 0.25) is 0 Å². The predicted octanol–water partition coefficient (Wildman–Crippen LogP) is 1.85. The van der Waals surface area contributed by atoms with Gasteiger partial charge in [-0.05, 0) is 45.4 Å². The van der Waals surface area contributed by atoms with Crippen LogP contribution in [0.15, 0.2) is 4.79 Å². The number of aromatic amines is 1. The van der Waals surface area contributed by atoms with Crippen LogP contribution in [0.1, 0.15) is 49.3 Å². The Morgan fingerprint density at radius 3 is 2.70 bits per heavy atom. The van der Waals surface area contributed by atoms with E-state index in [9.17, 15) is 4.79 Å². The summed E-state index contributed by atoms with van der Waals surface area (Å²) in [5, 5.41) is 3.50. The van der Waals surface area contributed by atoms with Crippen molar-refractivity contribution < 1.29 is 4.74 Å². The molecule has 0 aromatic carbocycles.